The van der Waals surface area contributed by atoms with Gasteiger partial charge in [0.1, 0.15) is 0 Å². The Hall–Kier alpha value is -1.95. The minimum Gasteiger partial charge on any atom is -0.453 e. The molecule has 27 heavy (non-hydrogen) atoms. The first-order chi connectivity index (χ1) is 12.9. The minimum atomic E-state index is -0.766. The lowest BCUT2D eigenvalue weighted by Crippen LogP contribution is -2.47. The molecule has 4 atom stereocenters. The van der Waals surface area contributed by atoms with Crippen LogP contribution in [0.4, 0.5) is 0 Å². The molecule has 0 saturated heterocycles. The average Bonchev–Trinajstić information content (AvgIpc) is 3.06. The van der Waals surface area contributed by atoms with Crippen molar-refractivity contribution in [2.24, 2.45) is 11.8 Å². The number of nitrogens with one attached hydrogen (secondary N) is 1. The molecular formula is C21H28N2O3S. The van der Waals surface area contributed by atoms with E-state index in [4.69, 9.17) is 4.74 Å². The molecule has 0 aliphatic heterocycles. The van der Waals surface area contributed by atoms with Crippen LogP contribution in [0.2, 0.25) is 0 Å². The molecule has 1 heterocycles. The first-order valence-electron chi connectivity index (χ1n) is 9.78. The van der Waals surface area contributed by atoms with Crippen LogP contribution in [-0.2, 0) is 20.7 Å². The summed E-state index contributed by atoms with van der Waals surface area (Å²) in [5, 5.41) is 3.98. The summed E-state index contributed by atoms with van der Waals surface area (Å²) in [7, 11) is 0. The molecule has 1 fully saturated rings. The largest absolute Gasteiger partial charge is 0.453 e. The number of rotatable bonds is 6. The zero-order valence-electron chi connectivity index (χ0n) is 16.2. The third-order valence-corrected chi connectivity index (χ3v) is 6.69. The number of carbonyl (C=O) groups excluding carboxylic acids is 2. The summed E-state index contributed by atoms with van der Waals surface area (Å²) in [6.07, 6.45) is 3.33. The van der Waals surface area contributed by atoms with Crippen molar-refractivity contribution < 1.29 is 14.3 Å². The maximum atomic E-state index is 12.4. The number of aryl methyl sites for hydroxylation is 1. The molecule has 6 heteroatoms. The molecule has 1 aromatic heterocycles. The van der Waals surface area contributed by atoms with Gasteiger partial charge in [0.25, 0.3) is 5.91 Å². The summed E-state index contributed by atoms with van der Waals surface area (Å²) in [4.78, 5) is 29.0. The molecule has 1 saturated carbocycles. The first-order valence-corrected chi connectivity index (χ1v) is 10.6. The molecule has 0 spiro atoms. The highest BCUT2D eigenvalue weighted by atomic mass is 32.1. The van der Waals surface area contributed by atoms with Crippen LogP contribution in [0.25, 0.3) is 10.2 Å². The maximum absolute atomic E-state index is 12.4. The van der Waals surface area contributed by atoms with Crippen LogP contribution in [0, 0.1) is 11.8 Å². The first kappa shape index (κ1) is 19.8. The Labute approximate surface area is 164 Å². The van der Waals surface area contributed by atoms with Crippen LogP contribution >= 0.6 is 11.3 Å². The van der Waals surface area contributed by atoms with Crippen LogP contribution < -0.4 is 5.32 Å². The van der Waals surface area contributed by atoms with E-state index in [1.54, 1.807) is 18.3 Å². The van der Waals surface area contributed by atoms with Crippen molar-refractivity contribution in [3.63, 3.8) is 0 Å². The van der Waals surface area contributed by atoms with E-state index in [-0.39, 0.29) is 24.3 Å². The number of amides is 1. The van der Waals surface area contributed by atoms with E-state index in [2.05, 4.69) is 24.1 Å². The lowest BCUT2D eigenvalue weighted by atomic mass is 9.78. The molecule has 1 aliphatic carbocycles. The number of carbonyl (C=O) groups is 2. The van der Waals surface area contributed by atoms with Gasteiger partial charge in [-0.15, -0.1) is 11.3 Å². The monoisotopic (exact) mass is 388 g/mol. The van der Waals surface area contributed by atoms with Crippen LogP contribution in [0.1, 0.15) is 51.5 Å². The fraction of sp³-hybridized carbons (Fsp3) is 0.571. The molecule has 1 amide bonds. The Morgan fingerprint density at radius 3 is 2.85 bits per heavy atom. The van der Waals surface area contributed by atoms with Gasteiger partial charge in [-0.1, -0.05) is 38.8 Å². The normalized spacial score (nSPS) is 23.7. The van der Waals surface area contributed by atoms with Crippen LogP contribution in [-0.4, -0.2) is 29.0 Å². The molecule has 3 rings (SSSR count). The number of hydrogen-bond donors (Lipinski definition) is 1. The van der Waals surface area contributed by atoms with E-state index in [1.807, 2.05) is 24.3 Å². The van der Waals surface area contributed by atoms with Crippen LogP contribution in [0.3, 0.4) is 0 Å². The number of benzene rings is 1. The van der Waals surface area contributed by atoms with Gasteiger partial charge in [-0.2, -0.15) is 0 Å². The Morgan fingerprint density at radius 1 is 1.30 bits per heavy atom. The zero-order chi connectivity index (χ0) is 19.4. The average molecular weight is 389 g/mol. The number of para-hydroxylation sites is 1. The summed E-state index contributed by atoms with van der Waals surface area (Å²) >= 11 is 1.59. The number of fused-ring (bicyclic) bond motifs is 1. The summed E-state index contributed by atoms with van der Waals surface area (Å²) < 4.78 is 6.45. The lowest BCUT2D eigenvalue weighted by molar-refractivity contribution is -0.155. The zero-order valence-corrected chi connectivity index (χ0v) is 17.1. The molecule has 0 radical (unpaired) electrons. The number of ether oxygens (including phenoxy) is 1. The highest BCUT2D eigenvalue weighted by Crippen LogP contribution is 2.29. The van der Waals surface area contributed by atoms with E-state index in [0.29, 0.717) is 18.3 Å². The van der Waals surface area contributed by atoms with Gasteiger partial charge >= 0.3 is 5.97 Å². The van der Waals surface area contributed by atoms with Gasteiger partial charge in [0, 0.05) is 12.5 Å². The number of aromatic nitrogens is 1. The second-order valence-electron chi connectivity index (χ2n) is 7.59. The number of thiazole rings is 1. The highest BCUT2D eigenvalue weighted by Gasteiger charge is 2.30. The molecule has 1 N–H and O–H groups in total. The molecule has 0 unspecified atom stereocenters. The lowest BCUT2D eigenvalue weighted by Gasteiger charge is -2.35. The maximum Gasteiger partial charge on any atom is 0.306 e. The number of esters is 1. The molecule has 5 nitrogen and oxygen atoms in total. The fourth-order valence-electron chi connectivity index (χ4n) is 3.63. The predicted octanol–water partition coefficient (Wildman–Crippen LogP) is 4.10. The molecule has 146 valence electrons. The molecule has 1 aromatic carbocycles. The van der Waals surface area contributed by atoms with Gasteiger partial charge in [-0.25, -0.2) is 4.98 Å². The van der Waals surface area contributed by atoms with Crippen molar-refractivity contribution in [3.05, 3.63) is 29.3 Å². The SMILES string of the molecule is C[C@@H]1[C@H](C)CCC[C@@H]1NC(=O)[C@@H](C)OC(=O)CCc1nc2ccccc2s1. The van der Waals surface area contributed by atoms with Gasteiger partial charge < -0.3 is 10.1 Å². The quantitative estimate of drug-likeness (QED) is 0.757. The van der Waals surface area contributed by atoms with Crippen molar-refractivity contribution in [2.45, 2.75) is 65.0 Å². The second-order valence-corrected chi connectivity index (χ2v) is 8.71. The third kappa shape index (κ3) is 5.06. The smallest absolute Gasteiger partial charge is 0.306 e. The van der Waals surface area contributed by atoms with Gasteiger partial charge in [-0.3, -0.25) is 9.59 Å². The van der Waals surface area contributed by atoms with E-state index in [9.17, 15) is 9.59 Å². The summed E-state index contributed by atoms with van der Waals surface area (Å²) in [5.74, 6) is 0.497. The fourth-order valence-corrected chi connectivity index (χ4v) is 4.60. The summed E-state index contributed by atoms with van der Waals surface area (Å²) in [5.41, 5.74) is 0.953. The molecule has 1 aliphatic rings. The van der Waals surface area contributed by atoms with Crippen molar-refractivity contribution in [3.8, 4) is 0 Å². The van der Waals surface area contributed by atoms with E-state index >= 15 is 0 Å². The van der Waals surface area contributed by atoms with E-state index < -0.39 is 6.10 Å². The van der Waals surface area contributed by atoms with E-state index in [0.717, 1.165) is 28.1 Å². The third-order valence-electron chi connectivity index (χ3n) is 5.59. The van der Waals surface area contributed by atoms with Crippen molar-refractivity contribution >= 4 is 33.4 Å². The van der Waals surface area contributed by atoms with E-state index in [1.165, 1.54) is 6.42 Å². The number of hydrogen-bond acceptors (Lipinski definition) is 5. The Balaban J connectivity index is 1.46. The predicted molar refractivity (Wildman–Crippen MR) is 108 cm³/mol. The Kier molecular flexibility index (Phi) is 6.47. The van der Waals surface area contributed by atoms with Crippen LogP contribution in [0.15, 0.2) is 24.3 Å². The molecule has 2 aromatic rings. The van der Waals surface area contributed by atoms with Gasteiger partial charge in [-0.05, 0) is 37.3 Å². The van der Waals surface area contributed by atoms with Crippen molar-refractivity contribution in [1.82, 2.24) is 10.3 Å². The van der Waals surface area contributed by atoms with Gasteiger partial charge in [0.2, 0.25) is 0 Å². The van der Waals surface area contributed by atoms with Crippen molar-refractivity contribution in [2.75, 3.05) is 0 Å². The minimum absolute atomic E-state index is 0.171. The number of nitrogens with zero attached hydrogens (tertiary/aromatic N) is 1. The van der Waals surface area contributed by atoms with Gasteiger partial charge in [0.15, 0.2) is 6.10 Å². The Bertz CT molecular complexity index is 771. The molecule has 0 bridgehead atoms. The van der Waals surface area contributed by atoms with Crippen LogP contribution in [0.5, 0.6) is 0 Å². The summed E-state index contributed by atoms with van der Waals surface area (Å²) in [6, 6.07) is 8.09. The highest BCUT2D eigenvalue weighted by molar-refractivity contribution is 7.18. The van der Waals surface area contributed by atoms with Gasteiger partial charge in [0.05, 0.1) is 21.6 Å². The topological polar surface area (TPSA) is 68.3 Å². The van der Waals surface area contributed by atoms with Crippen molar-refractivity contribution in [1.29, 1.82) is 0 Å². The molecular weight excluding hydrogens is 360 g/mol. The summed E-state index contributed by atoms with van der Waals surface area (Å²) in [6.45, 7) is 6.06. The second kappa shape index (κ2) is 8.83. The standard InChI is InChI=1S/C21H28N2O3S/c1-13-7-6-9-16(14(13)2)23-21(25)15(3)26-20(24)12-11-19-22-17-8-4-5-10-18(17)27-19/h4-5,8,10,13-16H,6-7,9,11-12H2,1-3H3,(H,23,25)/t13-,14-,15-,16+/m1/s1. The Morgan fingerprint density at radius 2 is 2.07 bits per heavy atom.